The lowest BCUT2D eigenvalue weighted by Gasteiger charge is -2.19. The average molecular weight is 394 g/mol. The SMILES string of the molecule is O=C1COc2ccc(-c3cc(-c4ccccc4)cc(-c4ccccc4O)n3)cc2N1. The van der Waals surface area contributed by atoms with Crippen LogP contribution < -0.4 is 10.1 Å². The van der Waals surface area contributed by atoms with Gasteiger partial charge >= 0.3 is 0 Å². The first-order chi connectivity index (χ1) is 14.7. The summed E-state index contributed by atoms with van der Waals surface area (Å²) in [5.74, 6) is 0.631. The predicted molar refractivity (Wildman–Crippen MR) is 116 cm³/mol. The molecule has 0 spiro atoms. The van der Waals surface area contributed by atoms with Gasteiger partial charge in [0.1, 0.15) is 11.5 Å². The Labute approximate surface area is 173 Å². The molecule has 5 nitrogen and oxygen atoms in total. The van der Waals surface area contributed by atoms with Crippen LogP contribution in [-0.4, -0.2) is 22.6 Å². The predicted octanol–water partition coefficient (Wildman–Crippen LogP) is 5.12. The highest BCUT2D eigenvalue weighted by Gasteiger charge is 2.18. The van der Waals surface area contributed by atoms with E-state index < -0.39 is 0 Å². The van der Waals surface area contributed by atoms with E-state index in [0.29, 0.717) is 22.7 Å². The molecule has 0 atom stereocenters. The van der Waals surface area contributed by atoms with Crippen molar-refractivity contribution < 1.29 is 14.6 Å². The van der Waals surface area contributed by atoms with E-state index in [9.17, 15) is 9.90 Å². The molecule has 0 saturated heterocycles. The Morgan fingerprint density at radius 3 is 2.40 bits per heavy atom. The number of hydrogen-bond donors (Lipinski definition) is 2. The minimum atomic E-state index is -0.180. The third kappa shape index (κ3) is 3.37. The summed E-state index contributed by atoms with van der Waals surface area (Å²) in [6.07, 6.45) is 0. The largest absolute Gasteiger partial charge is 0.507 e. The molecule has 5 heteroatoms. The summed E-state index contributed by atoms with van der Waals surface area (Å²) in [5.41, 5.74) is 5.56. The van der Waals surface area contributed by atoms with E-state index in [-0.39, 0.29) is 18.3 Å². The van der Waals surface area contributed by atoms with E-state index in [2.05, 4.69) is 5.32 Å². The molecule has 30 heavy (non-hydrogen) atoms. The van der Waals surface area contributed by atoms with Gasteiger partial charge in [-0.3, -0.25) is 4.79 Å². The lowest BCUT2D eigenvalue weighted by atomic mass is 9.99. The van der Waals surface area contributed by atoms with Crippen LogP contribution in [0.4, 0.5) is 5.69 Å². The molecule has 0 unspecified atom stereocenters. The fourth-order valence-electron chi connectivity index (χ4n) is 3.55. The third-order valence-corrected chi connectivity index (χ3v) is 5.02. The van der Waals surface area contributed by atoms with Gasteiger partial charge in [-0.15, -0.1) is 0 Å². The molecule has 146 valence electrons. The Morgan fingerprint density at radius 2 is 1.57 bits per heavy atom. The second-order valence-electron chi connectivity index (χ2n) is 7.06. The van der Waals surface area contributed by atoms with Crippen molar-refractivity contribution in [2.45, 2.75) is 0 Å². The third-order valence-electron chi connectivity index (χ3n) is 5.02. The Kier molecular flexibility index (Phi) is 4.41. The molecule has 1 amide bonds. The van der Waals surface area contributed by atoms with Crippen molar-refractivity contribution in [1.82, 2.24) is 4.98 Å². The van der Waals surface area contributed by atoms with Crippen molar-refractivity contribution in [2.75, 3.05) is 11.9 Å². The number of ether oxygens (including phenoxy) is 1. The molecule has 5 rings (SSSR count). The Balaban J connectivity index is 1.68. The highest BCUT2D eigenvalue weighted by molar-refractivity contribution is 5.96. The maximum absolute atomic E-state index is 11.7. The van der Waals surface area contributed by atoms with Crippen LogP contribution in [0.15, 0.2) is 84.9 Å². The molecule has 1 aromatic heterocycles. The van der Waals surface area contributed by atoms with E-state index in [4.69, 9.17) is 9.72 Å². The summed E-state index contributed by atoms with van der Waals surface area (Å²) >= 11 is 0. The average Bonchev–Trinajstić information content (AvgIpc) is 2.79. The minimum Gasteiger partial charge on any atom is -0.507 e. The number of nitrogens with one attached hydrogen (secondary N) is 1. The van der Waals surface area contributed by atoms with Crippen molar-refractivity contribution in [1.29, 1.82) is 0 Å². The number of nitrogens with zero attached hydrogens (tertiary/aromatic N) is 1. The van der Waals surface area contributed by atoms with Crippen LogP contribution in [0, 0.1) is 0 Å². The van der Waals surface area contributed by atoms with Gasteiger partial charge in [0.25, 0.3) is 5.91 Å². The maximum Gasteiger partial charge on any atom is 0.262 e. The molecule has 3 aromatic carbocycles. The van der Waals surface area contributed by atoms with Crippen molar-refractivity contribution in [3.8, 4) is 45.1 Å². The number of para-hydroxylation sites is 1. The summed E-state index contributed by atoms with van der Waals surface area (Å²) in [4.78, 5) is 16.5. The standard InChI is InChI=1S/C25H18N2O3/c28-23-9-5-4-8-19(23)21-14-18(16-6-2-1-3-7-16)13-20(26-21)17-10-11-24-22(12-17)27-25(29)15-30-24/h1-14,28H,15H2,(H,27,29). The number of benzene rings is 3. The molecule has 0 bridgehead atoms. The molecule has 4 aromatic rings. The highest BCUT2D eigenvalue weighted by Crippen LogP contribution is 2.36. The van der Waals surface area contributed by atoms with Crippen molar-refractivity contribution in [2.24, 2.45) is 0 Å². The van der Waals surface area contributed by atoms with Crippen LogP contribution in [0.5, 0.6) is 11.5 Å². The molecule has 2 N–H and O–H groups in total. The smallest absolute Gasteiger partial charge is 0.262 e. The first kappa shape index (κ1) is 17.9. The maximum atomic E-state index is 11.7. The molecule has 0 fully saturated rings. The quantitative estimate of drug-likeness (QED) is 0.506. The zero-order chi connectivity index (χ0) is 20.5. The molecule has 1 aliphatic rings. The first-order valence-electron chi connectivity index (χ1n) is 9.60. The van der Waals surface area contributed by atoms with E-state index in [1.807, 2.05) is 72.8 Å². The number of phenolic OH excluding ortho intramolecular Hbond substituents is 1. The Bertz CT molecular complexity index is 1250. The lowest BCUT2D eigenvalue weighted by Crippen LogP contribution is -2.25. The van der Waals surface area contributed by atoms with Crippen molar-refractivity contribution in [3.05, 3.63) is 84.9 Å². The number of hydrogen-bond acceptors (Lipinski definition) is 4. The number of aromatic hydroxyl groups is 1. The lowest BCUT2D eigenvalue weighted by molar-refractivity contribution is -0.118. The first-order valence-corrected chi connectivity index (χ1v) is 9.60. The van der Waals surface area contributed by atoms with Gasteiger partial charge in [-0.2, -0.15) is 0 Å². The van der Waals surface area contributed by atoms with Crippen LogP contribution >= 0.6 is 0 Å². The van der Waals surface area contributed by atoms with Gasteiger partial charge < -0.3 is 15.2 Å². The number of fused-ring (bicyclic) bond motifs is 1. The molecular weight excluding hydrogens is 376 g/mol. The summed E-state index contributed by atoms with van der Waals surface area (Å²) in [6.45, 7) is 0.0194. The molecular formula is C25H18N2O3. The number of phenols is 1. The fraction of sp³-hybridized carbons (Fsp3) is 0.0400. The molecule has 2 heterocycles. The van der Waals surface area contributed by atoms with Crippen LogP contribution in [0.1, 0.15) is 0 Å². The van der Waals surface area contributed by atoms with E-state index in [1.54, 1.807) is 12.1 Å². The summed E-state index contributed by atoms with van der Waals surface area (Å²) in [5, 5.41) is 13.2. The number of carbonyl (C=O) groups excluding carboxylic acids is 1. The van der Waals surface area contributed by atoms with Crippen LogP contribution in [0.2, 0.25) is 0 Å². The number of amides is 1. The Hall–Kier alpha value is -4.12. The molecule has 0 radical (unpaired) electrons. The fourth-order valence-corrected chi connectivity index (χ4v) is 3.55. The molecule has 0 aliphatic carbocycles. The van der Waals surface area contributed by atoms with Crippen LogP contribution in [0.3, 0.4) is 0 Å². The Morgan fingerprint density at radius 1 is 0.800 bits per heavy atom. The second-order valence-corrected chi connectivity index (χ2v) is 7.06. The van der Waals surface area contributed by atoms with Crippen molar-refractivity contribution >= 4 is 11.6 Å². The number of rotatable bonds is 3. The minimum absolute atomic E-state index is 0.0194. The highest BCUT2D eigenvalue weighted by atomic mass is 16.5. The van der Waals surface area contributed by atoms with Gasteiger partial charge in [0, 0.05) is 11.1 Å². The van der Waals surface area contributed by atoms with E-state index in [0.717, 1.165) is 22.4 Å². The van der Waals surface area contributed by atoms with Gasteiger partial charge in [-0.1, -0.05) is 42.5 Å². The second kappa shape index (κ2) is 7.37. The van der Waals surface area contributed by atoms with Gasteiger partial charge in [-0.25, -0.2) is 4.98 Å². The number of aromatic nitrogens is 1. The summed E-state index contributed by atoms with van der Waals surface area (Å²) in [7, 11) is 0. The van der Waals surface area contributed by atoms with Gasteiger partial charge in [-0.05, 0) is 53.6 Å². The van der Waals surface area contributed by atoms with Crippen LogP contribution in [0.25, 0.3) is 33.6 Å². The summed E-state index contributed by atoms with van der Waals surface area (Å²) in [6, 6.07) is 26.8. The topological polar surface area (TPSA) is 71.5 Å². The van der Waals surface area contributed by atoms with Gasteiger partial charge in [0.2, 0.25) is 0 Å². The van der Waals surface area contributed by atoms with Crippen LogP contribution in [-0.2, 0) is 4.79 Å². The van der Waals surface area contributed by atoms with E-state index in [1.165, 1.54) is 0 Å². The normalized spacial score (nSPS) is 12.6. The number of anilines is 1. The number of carbonyl (C=O) groups is 1. The van der Waals surface area contributed by atoms with Gasteiger partial charge in [0.15, 0.2) is 6.61 Å². The zero-order valence-electron chi connectivity index (χ0n) is 16.0. The van der Waals surface area contributed by atoms with Gasteiger partial charge in [0.05, 0.1) is 17.1 Å². The summed E-state index contributed by atoms with van der Waals surface area (Å²) < 4.78 is 5.46. The van der Waals surface area contributed by atoms with E-state index >= 15 is 0 Å². The number of pyridine rings is 1. The molecule has 0 saturated carbocycles. The monoisotopic (exact) mass is 394 g/mol. The zero-order valence-corrected chi connectivity index (χ0v) is 16.0. The van der Waals surface area contributed by atoms with Crippen molar-refractivity contribution in [3.63, 3.8) is 0 Å². The molecule has 1 aliphatic heterocycles.